The predicted molar refractivity (Wildman–Crippen MR) is 336 cm³/mol. The van der Waals surface area contributed by atoms with Crippen LogP contribution >= 0.6 is 0 Å². The van der Waals surface area contributed by atoms with Gasteiger partial charge in [-0.3, -0.25) is 4.79 Å². The fraction of sp³-hybridized carbons (Fsp3) is 0.704. The van der Waals surface area contributed by atoms with Gasteiger partial charge in [-0.15, -0.1) is 0 Å². The molecule has 0 aliphatic carbocycles. The Morgan fingerprint density at radius 1 is 0.333 bits per heavy atom. The number of hydrogen-bond donors (Lipinski definition) is 3. The van der Waals surface area contributed by atoms with Crippen LogP contribution in [0.3, 0.4) is 0 Å². The highest BCUT2D eigenvalue weighted by Gasteiger charge is 2.18. The molecular weight excluding hydrogens is 915 g/mol. The van der Waals surface area contributed by atoms with E-state index in [0.29, 0.717) is 6.42 Å². The van der Waals surface area contributed by atoms with Gasteiger partial charge in [0.25, 0.3) is 0 Å². The predicted octanol–water partition coefficient (Wildman–Crippen LogP) is 22.0. The van der Waals surface area contributed by atoms with Gasteiger partial charge in [0, 0.05) is 6.42 Å². The minimum Gasteiger partial charge on any atom is -0.394 e. The Balaban J connectivity index is 3.59. The third-order valence-corrected chi connectivity index (χ3v) is 14.2. The van der Waals surface area contributed by atoms with Crippen molar-refractivity contribution in [2.24, 2.45) is 0 Å². The first-order valence-corrected chi connectivity index (χ1v) is 32.2. The number of aliphatic hydroxyl groups is 2. The maximum absolute atomic E-state index is 12.5. The van der Waals surface area contributed by atoms with E-state index in [9.17, 15) is 15.0 Å². The third kappa shape index (κ3) is 61.5. The summed E-state index contributed by atoms with van der Waals surface area (Å²) in [5.74, 6) is -0.0837. The average Bonchev–Trinajstić information content (AvgIpc) is 3.41. The number of nitrogens with one attached hydrogen (secondary N) is 1. The highest BCUT2D eigenvalue weighted by molar-refractivity contribution is 5.76. The standard InChI is InChI=1S/C71H123NO3/c1-3-5-7-9-11-13-15-17-19-21-23-25-27-29-31-33-35-36-37-39-41-43-45-47-49-51-53-55-57-59-61-63-65-67-71(75)72-69(68-73)70(74)66-64-62-60-58-56-54-52-50-48-46-44-42-40-38-34-32-30-28-26-24-22-20-18-16-14-12-10-8-6-4-2/h5,7,11,13,17,19,23,25,29,31,35-36,39,41,48,50,56,58,64,66,69-70,73-74H,3-4,6,8-10,12,14-16,18,20-22,24,26-28,30,32-34,37-38,40,42-47,49,51-55,57,59-63,65,67-68H2,1-2H3,(H,72,75)/b7-5-,13-11-,19-17-,25-23-,31-29-,36-35-,41-39-,50-48+,58-56+,66-64+. The lowest BCUT2D eigenvalue weighted by Crippen LogP contribution is -2.45. The molecule has 0 saturated carbocycles. The summed E-state index contributed by atoms with van der Waals surface area (Å²) in [6.07, 6.45) is 99.6. The van der Waals surface area contributed by atoms with Crippen LogP contribution in [-0.4, -0.2) is 34.9 Å². The Morgan fingerprint density at radius 2 is 0.600 bits per heavy atom. The highest BCUT2D eigenvalue weighted by atomic mass is 16.3. The van der Waals surface area contributed by atoms with Gasteiger partial charge in [0.15, 0.2) is 0 Å². The smallest absolute Gasteiger partial charge is 0.220 e. The number of amides is 1. The molecule has 0 heterocycles. The van der Waals surface area contributed by atoms with E-state index >= 15 is 0 Å². The van der Waals surface area contributed by atoms with Crippen LogP contribution in [0, 0.1) is 0 Å². The van der Waals surface area contributed by atoms with E-state index in [-0.39, 0.29) is 12.5 Å². The molecule has 0 radical (unpaired) electrons. The monoisotopic (exact) mass is 1040 g/mol. The quantitative estimate of drug-likeness (QED) is 0.0420. The number of unbranched alkanes of at least 4 members (excludes halogenated alkanes) is 33. The van der Waals surface area contributed by atoms with Crippen LogP contribution < -0.4 is 5.32 Å². The summed E-state index contributed by atoms with van der Waals surface area (Å²) >= 11 is 0. The normalized spacial score (nSPS) is 13.6. The van der Waals surface area contributed by atoms with Gasteiger partial charge >= 0.3 is 0 Å². The van der Waals surface area contributed by atoms with Crippen LogP contribution in [0.2, 0.25) is 0 Å². The lowest BCUT2D eigenvalue weighted by molar-refractivity contribution is -0.123. The second-order valence-corrected chi connectivity index (χ2v) is 21.4. The molecule has 430 valence electrons. The molecule has 0 aliphatic heterocycles. The molecule has 4 nitrogen and oxygen atoms in total. The number of rotatable bonds is 58. The van der Waals surface area contributed by atoms with Gasteiger partial charge < -0.3 is 15.5 Å². The minimum atomic E-state index is -0.881. The molecule has 0 bridgehead atoms. The van der Waals surface area contributed by atoms with Crippen molar-refractivity contribution in [1.82, 2.24) is 5.32 Å². The van der Waals surface area contributed by atoms with Crippen LogP contribution in [-0.2, 0) is 4.79 Å². The molecule has 2 unspecified atom stereocenters. The molecule has 0 spiro atoms. The van der Waals surface area contributed by atoms with Crippen LogP contribution in [0.1, 0.15) is 303 Å². The topological polar surface area (TPSA) is 69.6 Å². The summed E-state index contributed by atoms with van der Waals surface area (Å²) in [7, 11) is 0. The largest absolute Gasteiger partial charge is 0.394 e. The Kier molecular flexibility index (Phi) is 62.3. The van der Waals surface area contributed by atoms with Gasteiger partial charge in [0.2, 0.25) is 5.91 Å². The molecule has 2 atom stereocenters. The van der Waals surface area contributed by atoms with Crippen molar-refractivity contribution in [1.29, 1.82) is 0 Å². The molecule has 1 amide bonds. The van der Waals surface area contributed by atoms with E-state index in [0.717, 1.165) is 89.9 Å². The minimum absolute atomic E-state index is 0.0837. The molecule has 75 heavy (non-hydrogen) atoms. The molecule has 0 fully saturated rings. The molecule has 3 N–H and O–H groups in total. The zero-order valence-corrected chi connectivity index (χ0v) is 49.5. The molecule has 0 aromatic heterocycles. The Labute approximate surface area is 467 Å². The maximum Gasteiger partial charge on any atom is 0.220 e. The number of aliphatic hydroxyl groups excluding tert-OH is 2. The lowest BCUT2D eigenvalue weighted by atomic mass is 10.0. The number of carbonyl (C=O) groups is 1. The van der Waals surface area contributed by atoms with E-state index in [2.05, 4.69) is 129 Å². The lowest BCUT2D eigenvalue weighted by Gasteiger charge is -2.19. The zero-order chi connectivity index (χ0) is 54.1. The molecule has 0 aromatic carbocycles. The van der Waals surface area contributed by atoms with Crippen molar-refractivity contribution in [3.05, 3.63) is 122 Å². The first kappa shape index (κ1) is 71.8. The van der Waals surface area contributed by atoms with Gasteiger partial charge in [0.1, 0.15) is 0 Å². The van der Waals surface area contributed by atoms with E-state index in [1.54, 1.807) is 6.08 Å². The van der Waals surface area contributed by atoms with E-state index < -0.39 is 12.1 Å². The molecular formula is C71H123NO3. The Morgan fingerprint density at radius 3 is 0.933 bits per heavy atom. The van der Waals surface area contributed by atoms with Gasteiger partial charge in [-0.25, -0.2) is 0 Å². The number of hydrogen-bond acceptors (Lipinski definition) is 3. The van der Waals surface area contributed by atoms with Gasteiger partial charge in [0.05, 0.1) is 18.8 Å². The second kappa shape index (κ2) is 65.1. The van der Waals surface area contributed by atoms with Crippen LogP contribution in [0.4, 0.5) is 0 Å². The highest BCUT2D eigenvalue weighted by Crippen LogP contribution is 2.17. The summed E-state index contributed by atoms with van der Waals surface area (Å²) in [4.78, 5) is 12.5. The summed E-state index contributed by atoms with van der Waals surface area (Å²) in [5, 5.41) is 23.2. The van der Waals surface area contributed by atoms with Gasteiger partial charge in [-0.2, -0.15) is 0 Å². The van der Waals surface area contributed by atoms with Crippen molar-refractivity contribution in [2.75, 3.05) is 6.61 Å². The van der Waals surface area contributed by atoms with Crippen molar-refractivity contribution in [2.45, 2.75) is 315 Å². The molecule has 4 heteroatoms. The molecule has 0 saturated heterocycles. The van der Waals surface area contributed by atoms with Crippen molar-refractivity contribution in [3.63, 3.8) is 0 Å². The van der Waals surface area contributed by atoms with E-state index in [1.807, 2.05) is 6.08 Å². The van der Waals surface area contributed by atoms with Gasteiger partial charge in [-0.1, -0.05) is 315 Å². The second-order valence-electron chi connectivity index (χ2n) is 21.4. The van der Waals surface area contributed by atoms with E-state index in [4.69, 9.17) is 0 Å². The number of allylic oxidation sites excluding steroid dienone is 19. The Bertz CT molecular complexity index is 1460. The molecule has 0 aromatic rings. The van der Waals surface area contributed by atoms with E-state index in [1.165, 1.54) is 193 Å². The molecule has 0 rings (SSSR count). The first-order valence-electron chi connectivity index (χ1n) is 32.2. The summed E-state index contributed by atoms with van der Waals surface area (Å²) in [6, 6.07) is -0.657. The fourth-order valence-electron chi connectivity index (χ4n) is 9.31. The maximum atomic E-state index is 12.5. The summed E-state index contributed by atoms with van der Waals surface area (Å²) in [5.41, 5.74) is 0. The summed E-state index contributed by atoms with van der Waals surface area (Å²) < 4.78 is 0. The first-order chi connectivity index (χ1) is 37.2. The Hall–Kier alpha value is -3.21. The fourth-order valence-corrected chi connectivity index (χ4v) is 9.31. The molecule has 0 aliphatic rings. The van der Waals surface area contributed by atoms with Crippen molar-refractivity contribution in [3.8, 4) is 0 Å². The van der Waals surface area contributed by atoms with Crippen LogP contribution in [0.25, 0.3) is 0 Å². The third-order valence-electron chi connectivity index (χ3n) is 14.2. The van der Waals surface area contributed by atoms with Crippen LogP contribution in [0.15, 0.2) is 122 Å². The zero-order valence-electron chi connectivity index (χ0n) is 49.5. The SMILES string of the molecule is CC/C=C\C/C=C\C/C=C\C/C=C\C/C=C\C/C=C\C/C=C\CCCCCCCCCCCCCC(=O)NC(CO)C(O)/C=C/CC/C=C/CC/C=C/CCCCCCCCCCCCCCCCCCCCCC. The van der Waals surface area contributed by atoms with Crippen molar-refractivity contribution >= 4 is 5.91 Å². The van der Waals surface area contributed by atoms with Gasteiger partial charge in [-0.05, 0) is 103 Å². The number of carbonyl (C=O) groups excluding carboxylic acids is 1. The summed E-state index contributed by atoms with van der Waals surface area (Å²) in [6.45, 7) is 4.20. The van der Waals surface area contributed by atoms with Crippen LogP contribution in [0.5, 0.6) is 0 Å². The van der Waals surface area contributed by atoms with Crippen molar-refractivity contribution < 1.29 is 15.0 Å². The average molecular weight is 1040 g/mol.